The number of rotatable bonds is 5. The molecule has 136 valence electrons. The highest BCUT2D eigenvalue weighted by molar-refractivity contribution is 5.93. The van der Waals surface area contributed by atoms with Crippen LogP contribution in [0.2, 0.25) is 0 Å². The SMILES string of the molecule is COC(=O)C[C@H]1C(=O)NCCN1C(=O)[C@H](C)Oc1cccc(C)c1C. The summed E-state index contributed by atoms with van der Waals surface area (Å²) in [6.45, 7) is 6.21. The largest absolute Gasteiger partial charge is 0.481 e. The van der Waals surface area contributed by atoms with Crippen LogP contribution in [0, 0.1) is 13.8 Å². The van der Waals surface area contributed by atoms with E-state index < -0.39 is 18.1 Å². The lowest BCUT2D eigenvalue weighted by molar-refractivity contribution is -0.153. The second-order valence-corrected chi connectivity index (χ2v) is 6.08. The first-order valence-corrected chi connectivity index (χ1v) is 8.23. The van der Waals surface area contributed by atoms with Gasteiger partial charge in [-0.05, 0) is 38.0 Å². The van der Waals surface area contributed by atoms with Crippen molar-refractivity contribution >= 4 is 17.8 Å². The summed E-state index contributed by atoms with van der Waals surface area (Å²) >= 11 is 0. The molecule has 0 unspecified atom stereocenters. The minimum Gasteiger partial charge on any atom is -0.481 e. The second kappa shape index (κ2) is 8.00. The molecule has 7 heteroatoms. The van der Waals surface area contributed by atoms with E-state index in [9.17, 15) is 14.4 Å². The molecule has 1 fully saturated rings. The van der Waals surface area contributed by atoms with Crippen LogP contribution in [-0.2, 0) is 19.1 Å². The van der Waals surface area contributed by atoms with Crippen molar-refractivity contribution in [2.45, 2.75) is 39.3 Å². The van der Waals surface area contributed by atoms with E-state index in [1.807, 2.05) is 26.0 Å². The number of aryl methyl sites for hydroxylation is 1. The lowest BCUT2D eigenvalue weighted by Gasteiger charge is -2.36. The lowest BCUT2D eigenvalue weighted by Crippen LogP contribution is -2.60. The number of ether oxygens (including phenoxy) is 2. The van der Waals surface area contributed by atoms with Crippen LogP contribution >= 0.6 is 0 Å². The summed E-state index contributed by atoms with van der Waals surface area (Å²) in [6.07, 6.45) is -0.948. The molecule has 0 bridgehead atoms. The maximum Gasteiger partial charge on any atom is 0.308 e. The molecule has 1 aromatic rings. The topological polar surface area (TPSA) is 84.9 Å². The summed E-state index contributed by atoms with van der Waals surface area (Å²) in [5.41, 5.74) is 2.03. The monoisotopic (exact) mass is 348 g/mol. The Morgan fingerprint density at radius 2 is 2.08 bits per heavy atom. The fourth-order valence-electron chi connectivity index (χ4n) is 2.75. The fourth-order valence-corrected chi connectivity index (χ4v) is 2.75. The number of nitrogens with zero attached hydrogens (tertiary/aromatic N) is 1. The molecule has 0 radical (unpaired) electrons. The number of benzene rings is 1. The molecular formula is C18H24N2O5. The number of esters is 1. The number of hydrogen-bond donors (Lipinski definition) is 1. The Bertz CT molecular complexity index is 673. The van der Waals surface area contributed by atoms with E-state index in [2.05, 4.69) is 10.1 Å². The number of amides is 2. The van der Waals surface area contributed by atoms with E-state index in [4.69, 9.17) is 4.74 Å². The normalized spacial score (nSPS) is 18.3. The van der Waals surface area contributed by atoms with E-state index >= 15 is 0 Å². The number of methoxy groups -OCH3 is 1. The first-order valence-electron chi connectivity index (χ1n) is 8.23. The molecule has 25 heavy (non-hydrogen) atoms. The van der Waals surface area contributed by atoms with Crippen molar-refractivity contribution in [1.29, 1.82) is 0 Å². The van der Waals surface area contributed by atoms with Crippen molar-refractivity contribution in [3.05, 3.63) is 29.3 Å². The Labute approximate surface area is 147 Å². The second-order valence-electron chi connectivity index (χ2n) is 6.08. The molecule has 7 nitrogen and oxygen atoms in total. The number of nitrogens with one attached hydrogen (secondary N) is 1. The van der Waals surface area contributed by atoms with Gasteiger partial charge in [0.05, 0.1) is 13.5 Å². The minimum absolute atomic E-state index is 0.176. The average molecular weight is 348 g/mol. The fraction of sp³-hybridized carbons (Fsp3) is 0.500. The molecule has 0 saturated carbocycles. The van der Waals surface area contributed by atoms with E-state index in [0.717, 1.165) is 11.1 Å². The maximum absolute atomic E-state index is 12.8. The number of hydrogen-bond acceptors (Lipinski definition) is 5. The molecule has 0 aromatic heterocycles. The molecule has 1 aliphatic heterocycles. The predicted octanol–water partition coefficient (Wildman–Crippen LogP) is 0.961. The van der Waals surface area contributed by atoms with Crippen LogP contribution < -0.4 is 10.1 Å². The summed E-state index contributed by atoms with van der Waals surface area (Å²) in [7, 11) is 1.25. The lowest BCUT2D eigenvalue weighted by atomic mass is 10.1. The van der Waals surface area contributed by atoms with Gasteiger partial charge in [0, 0.05) is 13.1 Å². The molecular weight excluding hydrogens is 324 g/mol. The van der Waals surface area contributed by atoms with Crippen LogP contribution in [-0.4, -0.2) is 55.0 Å². The molecule has 1 aromatic carbocycles. The number of carbonyl (C=O) groups is 3. The molecule has 1 N–H and O–H groups in total. The Hall–Kier alpha value is -2.57. The van der Waals surface area contributed by atoms with Crippen LogP contribution in [0.15, 0.2) is 18.2 Å². The van der Waals surface area contributed by atoms with E-state index in [-0.39, 0.29) is 18.2 Å². The Morgan fingerprint density at radius 1 is 1.36 bits per heavy atom. The third kappa shape index (κ3) is 4.29. The van der Waals surface area contributed by atoms with E-state index in [1.165, 1.54) is 12.0 Å². The highest BCUT2D eigenvalue weighted by atomic mass is 16.5. The zero-order valence-electron chi connectivity index (χ0n) is 15.0. The van der Waals surface area contributed by atoms with Gasteiger partial charge in [-0.3, -0.25) is 14.4 Å². The molecule has 1 heterocycles. The van der Waals surface area contributed by atoms with Gasteiger partial charge < -0.3 is 19.7 Å². The number of carbonyl (C=O) groups excluding carboxylic acids is 3. The first-order chi connectivity index (χ1) is 11.8. The summed E-state index contributed by atoms with van der Waals surface area (Å²) in [4.78, 5) is 37.8. The van der Waals surface area contributed by atoms with Gasteiger partial charge in [-0.15, -0.1) is 0 Å². The van der Waals surface area contributed by atoms with E-state index in [0.29, 0.717) is 18.8 Å². The van der Waals surface area contributed by atoms with Crippen molar-refractivity contribution < 1.29 is 23.9 Å². The molecule has 0 spiro atoms. The van der Waals surface area contributed by atoms with Crippen LogP contribution in [0.4, 0.5) is 0 Å². The Balaban J connectivity index is 2.14. The van der Waals surface area contributed by atoms with Crippen molar-refractivity contribution in [3.63, 3.8) is 0 Å². The van der Waals surface area contributed by atoms with Crippen LogP contribution in [0.5, 0.6) is 5.75 Å². The van der Waals surface area contributed by atoms with Gasteiger partial charge in [0.1, 0.15) is 11.8 Å². The van der Waals surface area contributed by atoms with Crippen LogP contribution in [0.3, 0.4) is 0 Å². The van der Waals surface area contributed by atoms with Crippen molar-refractivity contribution in [2.24, 2.45) is 0 Å². The van der Waals surface area contributed by atoms with Crippen molar-refractivity contribution in [1.82, 2.24) is 10.2 Å². The molecule has 1 aliphatic rings. The standard InChI is InChI=1S/C18H24N2O5/c1-11-6-5-7-15(12(11)2)25-13(3)18(23)20-9-8-19-17(22)14(20)10-16(21)24-4/h5-7,13-14H,8-10H2,1-4H3,(H,19,22)/t13-,14-/m0/s1. The van der Waals surface area contributed by atoms with Crippen molar-refractivity contribution in [3.8, 4) is 5.75 Å². The third-order valence-corrected chi connectivity index (χ3v) is 4.41. The first kappa shape index (κ1) is 18.8. The highest BCUT2D eigenvalue weighted by Crippen LogP contribution is 2.23. The summed E-state index contributed by atoms with van der Waals surface area (Å²) in [6, 6.07) is 4.76. The maximum atomic E-state index is 12.8. The zero-order valence-corrected chi connectivity index (χ0v) is 15.0. The smallest absolute Gasteiger partial charge is 0.308 e. The van der Waals surface area contributed by atoms with Gasteiger partial charge in [-0.2, -0.15) is 0 Å². The minimum atomic E-state index is -0.877. The van der Waals surface area contributed by atoms with Gasteiger partial charge in [0.25, 0.3) is 5.91 Å². The van der Waals surface area contributed by atoms with Crippen LogP contribution in [0.1, 0.15) is 24.5 Å². The van der Waals surface area contributed by atoms with E-state index in [1.54, 1.807) is 13.0 Å². The predicted molar refractivity (Wildman–Crippen MR) is 91.1 cm³/mol. The molecule has 2 amide bonds. The summed E-state index contributed by atoms with van der Waals surface area (Å²) in [5.74, 6) is -0.594. The third-order valence-electron chi connectivity index (χ3n) is 4.41. The molecule has 0 aliphatic carbocycles. The molecule has 2 atom stereocenters. The molecule has 2 rings (SSSR count). The zero-order chi connectivity index (χ0) is 18.6. The van der Waals surface area contributed by atoms with Crippen LogP contribution in [0.25, 0.3) is 0 Å². The number of piperazine rings is 1. The molecule has 1 saturated heterocycles. The van der Waals surface area contributed by atoms with Gasteiger partial charge in [-0.1, -0.05) is 12.1 Å². The Morgan fingerprint density at radius 3 is 2.76 bits per heavy atom. The van der Waals surface area contributed by atoms with Gasteiger partial charge in [0.15, 0.2) is 6.10 Å². The summed E-state index contributed by atoms with van der Waals surface area (Å²) < 4.78 is 10.4. The van der Waals surface area contributed by atoms with Gasteiger partial charge >= 0.3 is 5.97 Å². The summed E-state index contributed by atoms with van der Waals surface area (Å²) in [5, 5.41) is 2.67. The van der Waals surface area contributed by atoms with Gasteiger partial charge in [-0.25, -0.2) is 0 Å². The highest BCUT2D eigenvalue weighted by Gasteiger charge is 2.37. The Kier molecular flexibility index (Phi) is 6.01. The quantitative estimate of drug-likeness (QED) is 0.801. The average Bonchev–Trinajstić information content (AvgIpc) is 2.59. The van der Waals surface area contributed by atoms with Crippen molar-refractivity contribution in [2.75, 3.05) is 20.2 Å². The van der Waals surface area contributed by atoms with Gasteiger partial charge in [0.2, 0.25) is 5.91 Å².